The van der Waals surface area contributed by atoms with Crippen LogP contribution in [0.5, 0.6) is 0 Å². The predicted molar refractivity (Wildman–Crippen MR) is 89.5 cm³/mol. The van der Waals surface area contributed by atoms with E-state index in [4.69, 9.17) is 5.26 Å². The molecule has 0 saturated heterocycles. The fourth-order valence-corrected chi connectivity index (χ4v) is 2.44. The highest BCUT2D eigenvalue weighted by molar-refractivity contribution is 7.98. The number of carbonyl (C=O) groups excluding carboxylic acids is 1. The molecule has 0 bridgehead atoms. The van der Waals surface area contributed by atoms with E-state index in [2.05, 4.69) is 36.5 Å². The Morgan fingerprint density at radius 1 is 1.43 bits per heavy atom. The molecule has 114 valence electrons. The summed E-state index contributed by atoms with van der Waals surface area (Å²) in [6.45, 7) is 2.94. The van der Waals surface area contributed by atoms with Crippen molar-refractivity contribution in [2.24, 2.45) is 0 Å². The van der Waals surface area contributed by atoms with Crippen LogP contribution in [0.3, 0.4) is 0 Å². The van der Waals surface area contributed by atoms with Crippen molar-refractivity contribution in [3.05, 3.63) is 29.8 Å². The maximum atomic E-state index is 11.9. The van der Waals surface area contributed by atoms with Crippen LogP contribution in [0.1, 0.15) is 25.3 Å². The molecule has 1 unspecified atom stereocenters. The van der Waals surface area contributed by atoms with Crippen LogP contribution in [-0.4, -0.2) is 42.4 Å². The first kappa shape index (κ1) is 17.5. The summed E-state index contributed by atoms with van der Waals surface area (Å²) >= 11 is 1.85. The number of nitrogens with zero attached hydrogens (tertiary/aromatic N) is 2. The lowest BCUT2D eigenvalue weighted by atomic mass is 10.2. The molecule has 0 aliphatic heterocycles. The third kappa shape index (κ3) is 6.65. The number of nitrogens with one attached hydrogen (secondary N) is 1. The van der Waals surface area contributed by atoms with Gasteiger partial charge in [-0.2, -0.15) is 17.0 Å². The van der Waals surface area contributed by atoms with Gasteiger partial charge in [-0.3, -0.25) is 4.79 Å². The highest BCUT2D eigenvalue weighted by Crippen LogP contribution is 2.10. The van der Waals surface area contributed by atoms with Gasteiger partial charge in [0.2, 0.25) is 5.91 Å². The van der Waals surface area contributed by atoms with Crippen molar-refractivity contribution >= 4 is 23.4 Å². The van der Waals surface area contributed by atoms with E-state index in [0.717, 1.165) is 24.4 Å². The SMILES string of the molecule is CSCCC(C)N(C)CCC(=O)Nc1ccc(C#N)cc1. The van der Waals surface area contributed by atoms with Crippen molar-refractivity contribution in [2.45, 2.75) is 25.8 Å². The minimum atomic E-state index is 0.00336. The molecule has 1 amide bonds. The van der Waals surface area contributed by atoms with Gasteiger partial charge in [-0.15, -0.1) is 0 Å². The molecular weight excluding hydrogens is 282 g/mol. The smallest absolute Gasteiger partial charge is 0.225 e. The molecule has 0 spiro atoms. The second-order valence-electron chi connectivity index (χ2n) is 5.10. The van der Waals surface area contributed by atoms with Gasteiger partial charge in [0.25, 0.3) is 0 Å². The maximum Gasteiger partial charge on any atom is 0.225 e. The topological polar surface area (TPSA) is 56.1 Å². The second kappa shape index (κ2) is 9.43. The zero-order valence-corrected chi connectivity index (χ0v) is 13.7. The van der Waals surface area contributed by atoms with Crippen LogP contribution in [0.15, 0.2) is 24.3 Å². The van der Waals surface area contributed by atoms with Gasteiger partial charge in [-0.1, -0.05) is 0 Å². The predicted octanol–water partition coefficient (Wildman–Crippen LogP) is 2.96. The quantitative estimate of drug-likeness (QED) is 0.802. The average molecular weight is 305 g/mol. The van der Waals surface area contributed by atoms with E-state index in [1.165, 1.54) is 0 Å². The largest absolute Gasteiger partial charge is 0.326 e. The Hall–Kier alpha value is -1.51. The summed E-state index contributed by atoms with van der Waals surface area (Å²) in [7, 11) is 2.06. The highest BCUT2D eigenvalue weighted by Gasteiger charge is 2.10. The normalized spacial score (nSPS) is 12.0. The Morgan fingerprint density at radius 2 is 2.10 bits per heavy atom. The Bertz CT molecular complexity index is 481. The first-order chi connectivity index (χ1) is 10.1. The fraction of sp³-hybridized carbons (Fsp3) is 0.500. The summed E-state index contributed by atoms with van der Waals surface area (Å²) in [4.78, 5) is 14.1. The zero-order valence-electron chi connectivity index (χ0n) is 12.9. The van der Waals surface area contributed by atoms with E-state index in [9.17, 15) is 4.79 Å². The molecule has 0 radical (unpaired) electrons. The standard InChI is InChI=1S/C16H23N3OS/c1-13(9-11-21-3)19(2)10-8-16(20)18-15-6-4-14(12-17)5-7-15/h4-7,13H,8-11H2,1-3H3,(H,18,20). The minimum absolute atomic E-state index is 0.00336. The fourth-order valence-electron chi connectivity index (χ4n) is 1.86. The lowest BCUT2D eigenvalue weighted by Gasteiger charge is -2.24. The summed E-state index contributed by atoms with van der Waals surface area (Å²) in [6.07, 6.45) is 3.72. The van der Waals surface area contributed by atoms with Crippen LogP contribution in [0.2, 0.25) is 0 Å². The monoisotopic (exact) mass is 305 g/mol. The molecular formula is C16H23N3OS. The number of amides is 1. The number of anilines is 1. The van der Waals surface area contributed by atoms with Gasteiger partial charge in [-0.25, -0.2) is 0 Å². The molecule has 21 heavy (non-hydrogen) atoms. The molecule has 0 aliphatic rings. The van der Waals surface area contributed by atoms with Crippen LogP contribution in [0.4, 0.5) is 5.69 Å². The van der Waals surface area contributed by atoms with E-state index in [0.29, 0.717) is 18.0 Å². The molecule has 0 aliphatic carbocycles. The second-order valence-corrected chi connectivity index (χ2v) is 6.08. The molecule has 1 aromatic carbocycles. The first-order valence-corrected chi connectivity index (χ1v) is 8.45. The van der Waals surface area contributed by atoms with Crippen LogP contribution in [0, 0.1) is 11.3 Å². The lowest BCUT2D eigenvalue weighted by molar-refractivity contribution is -0.116. The molecule has 0 fully saturated rings. The van der Waals surface area contributed by atoms with Gasteiger partial charge in [0.05, 0.1) is 11.6 Å². The molecule has 0 heterocycles. The highest BCUT2D eigenvalue weighted by atomic mass is 32.2. The number of benzene rings is 1. The van der Waals surface area contributed by atoms with E-state index >= 15 is 0 Å². The molecule has 4 nitrogen and oxygen atoms in total. The molecule has 5 heteroatoms. The average Bonchev–Trinajstić information content (AvgIpc) is 2.50. The maximum absolute atomic E-state index is 11.9. The number of nitriles is 1. The summed E-state index contributed by atoms with van der Waals surface area (Å²) in [5.74, 6) is 1.15. The van der Waals surface area contributed by atoms with Crippen molar-refractivity contribution in [1.82, 2.24) is 4.90 Å². The summed E-state index contributed by atoms with van der Waals surface area (Å²) < 4.78 is 0. The summed E-state index contributed by atoms with van der Waals surface area (Å²) in [5.41, 5.74) is 1.33. The van der Waals surface area contributed by atoms with Crippen LogP contribution in [-0.2, 0) is 4.79 Å². The van der Waals surface area contributed by atoms with Crippen molar-refractivity contribution in [3.63, 3.8) is 0 Å². The van der Waals surface area contributed by atoms with Crippen LogP contribution >= 0.6 is 11.8 Å². The van der Waals surface area contributed by atoms with E-state index in [1.54, 1.807) is 24.3 Å². The summed E-state index contributed by atoms with van der Waals surface area (Å²) in [5, 5.41) is 11.6. The minimum Gasteiger partial charge on any atom is -0.326 e. The molecule has 0 aromatic heterocycles. The van der Waals surface area contributed by atoms with Gasteiger partial charge in [0, 0.05) is 24.7 Å². The van der Waals surface area contributed by atoms with Crippen molar-refractivity contribution in [1.29, 1.82) is 5.26 Å². The first-order valence-electron chi connectivity index (χ1n) is 7.06. The lowest BCUT2D eigenvalue weighted by Crippen LogP contribution is -2.32. The Balaban J connectivity index is 2.34. The number of thioether (sulfide) groups is 1. The number of hydrogen-bond acceptors (Lipinski definition) is 4. The van der Waals surface area contributed by atoms with Crippen molar-refractivity contribution < 1.29 is 4.79 Å². The van der Waals surface area contributed by atoms with Gasteiger partial charge < -0.3 is 10.2 Å². The molecule has 1 aromatic rings. The van der Waals surface area contributed by atoms with Crippen LogP contribution in [0.25, 0.3) is 0 Å². The summed E-state index contributed by atoms with van der Waals surface area (Å²) in [6, 6.07) is 9.45. The molecule has 0 saturated carbocycles. The van der Waals surface area contributed by atoms with Crippen molar-refractivity contribution in [2.75, 3.05) is 30.9 Å². The van der Waals surface area contributed by atoms with Crippen LogP contribution < -0.4 is 5.32 Å². The Morgan fingerprint density at radius 3 is 2.67 bits per heavy atom. The van der Waals surface area contributed by atoms with Crippen molar-refractivity contribution in [3.8, 4) is 6.07 Å². The zero-order chi connectivity index (χ0) is 15.7. The van der Waals surface area contributed by atoms with Gasteiger partial charge in [0.15, 0.2) is 0 Å². The molecule has 1 atom stereocenters. The van der Waals surface area contributed by atoms with Gasteiger partial charge >= 0.3 is 0 Å². The van der Waals surface area contributed by atoms with E-state index in [1.807, 2.05) is 11.8 Å². The van der Waals surface area contributed by atoms with Gasteiger partial charge in [0.1, 0.15) is 0 Å². The number of hydrogen-bond donors (Lipinski definition) is 1. The van der Waals surface area contributed by atoms with E-state index in [-0.39, 0.29) is 5.91 Å². The molecule has 1 N–H and O–H groups in total. The third-order valence-corrected chi connectivity index (χ3v) is 4.13. The van der Waals surface area contributed by atoms with Gasteiger partial charge in [-0.05, 0) is 56.7 Å². The number of carbonyl (C=O) groups is 1. The Labute approximate surface area is 131 Å². The van der Waals surface area contributed by atoms with E-state index < -0.39 is 0 Å². The molecule has 1 rings (SSSR count). The third-order valence-electron chi connectivity index (χ3n) is 3.48. The number of rotatable bonds is 8. The Kier molecular flexibility index (Phi) is 7.88.